The first-order valence-electron chi connectivity index (χ1n) is 14.2. The molecule has 7 heteroatoms. The zero-order valence-corrected chi connectivity index (χ0v) is 24.5. The van der Waals surface area contributed by atoms with Gasteiger partial charge in [-0.1, -0.05) is 61.9 Å². The van der Waals surface area contributed by atoms with Crippen LogP contribution in [0.4, 0.5) is 0 Å². The van der Waals surface area contributed by atoms with Gasteiger partial charge in [0.05, 0.1) is 19.9 Å². The fourth-order valence-corrected chi connectivity index (χ4v) is 4.24. The molecular formula is C35H38N2O5. The van der Waals surface area contributed by atoms with Crippen LogP contribution in [-0.2, 0) is 19.6 Å². The molecule has 4 rings (SSSR count). The quantitative estimate of drug-likeness (QED) is 0.120. The lowest BCUT2D eigenvalue weighted by atomic mass is 10.1. The molecule has 0 aliphatic heterocycles. The first-order valence-corrected chi connectivity index (χ1v) is 14.2. The number of carbonyl (C=O) groups excluding carboxylic acids is 1. The zero-order valence-electron chi connectivity index (χ0n) is 24.5. The van der Waals surface area contributed by atoms with Gasteiger partial charge in [0.15, 0.2) is 23.0 Å². The Morgan fingerprint density at radius 1 is 0.738 bits per heavy atom. The minimum absolute atomic E-state index is 0.261. The highest BCUT2D eigenvalue weighted by Crippen LogP contribution is 2.32. The molecule has 0 saturated carbocycles. The molecule has 0 bridgehead atoms. The van der Waals surface area contributed by atoms with Gasteiger partial charge in [0.2, 0.25) is 0 Å². The topological polar surface area (TPSA) is 78.4 Å². The summed E-state index contributed by atoms with van der Waals surface area (Å²) in [6.45, 7) is 5.40. The molecule has 4 aromatic carbocycles. The highest BCUT2D eigenvalue weighted by molar-refractivity contribution is 5.95. The Morgan fingerprint density at radius 3 is 2.14 bits per heavy atom. The third kappa shape index (κ3) is 8.86. The molecule has 1 amide bonds. The van der Waals surface area contributed by atoms with Crippen molar-refractivity contribution in [1.29, 1.82) is 0 Å². The van der Waals surface area contributed by atoms with Crippen LogP contribution in [0.25, 0.3) is 0 Å². The van der Waals surface area contributed by atoms with Crippen LogP contribution in [0.5, 0.6) is 23.0 Å². The Labute approximate surface area is 248 Å². The number of nitrogens with zero attached hydrogens (tertiary/aromatic N) is 1. The molecule has 4 aromatic rings. The van der Waals surface area contributed by atoms with Gasteiger partial charge in [-0.3, -0.25) is 4.79 Å². The number of hydrogen-bond acceptors (Lipinski definition) is 6. The van der Waals surface area contributed by atoms with Gasteiger partial charge in [0.1, 0.15) is 13.2 Å². The van der Waals surface area contributed by atoms with Gasteiger partial charge in [-0.15, -0.1) is 0 Å². The third-order valence-corrected chi connectivity index (χ3v) is 6.54. The van der Waals surface area contributed by atoms with Gasteiger partial charge < -0.3 is 18.9 Å². The number of hydrogen-bond donors (Lipinski definition) is 1. The summed E-state index contributed by atoms with van der Waals surface area (Å²) in [5, 5.41) is 4.11. The van der Waals surface area contributed by atoms with Crippen molar-refractivity contribution in [1.82, 2.24) is 5.43 Å². The standard InChI is InChI=1S/C35H38N2O5/c1-4-6-10-26-13-17-30(18-14-26)35(38)37-36-23-28-15-19-31(33(21-28)39-3)42-25-29-16-20-32(34(22-29)40-5-2)41-24-27-11-8-7-9-12-27/h7-9,11-23H,4-6,10,24-25H2,1-3H3,(H,37,38)/b36-23+. The van der Waals surface area contributed by atoms with Gasteiger partial charge in [-0.2, -0.15) is 5.10 Å². The van der Waals surface area contributed by atoms with Crippen LogP contribution >= 0.6 is 0 Å². The molecule has 0 fully saturated rings. The van der Waals surface area contributed by atoms with Crippen LogP contribution < -0.4 is 24.4 Å². The summed E-state index contributed by atoms with van der Waals surface area (Å²) < 4.78 is 23.5. The lowest BCUT2D eigenvalue weighted by molar-refractivity contribution is 0.0955. The fourth-order valence-electron chi connectivity index (χ4n) is 4.24. The number of benzene rings is 4. The van der Waals surface area contributed by atoms with Crippen molar-refractivity contribution in [3.05, 3.63) is 119 Å². The van der Waals surface area contributed by atoms with Gasteiger partial charge in [-0.25, -0.2) is 5.43 Å². The van der Waals surface area contributed by atoms with Crippen molar-refractivity contribution in [2.24, 2.45) is 5.10 Å². The van der Waals surface area contributed by atoms with Crippen LogP contribution in [0.15, 0.2) is 96.1 Å². The maximum absolute atomic E-state index is 12.5. The van der Waals surface area contributed by atoms with Crippen molar-refractivity contribution >= 4 is 12.1 Å². The SMILES string of the molecule is CCCCc1ccc(C(=O)N/N=C/c2ccc(OCc3ccc(OCc4ccccc4)c(OCC)c3)c(OC)c2)cc1. The molecule has 0 aliphatic carbocycles. The number of methoxy groups -OCH3 is 1. The van der Waals surface area contributed by atoms with E-state index in [9.17, 15) is 4.79 Å². The summed E-state index contributed by atoms with van der Waals surface area (Å²) in [5.41, 5.74) is 7.15. The Balaban J connectivity index is 1.34. The summed E-state index contributed by atoms with van der Waals surface area (Å²) in [4.78, 5) is 12.5. The summed E-state index contributed by atoms with van der Waals surface area (Å²) in [6.07, 6.45) is 4.87. The molecule has 42 heavy (non-hydrogen) atoms. The number of ether oxygens (including phenoxy) is 4. The first kappa shape index (κ1) is 30.2. The van der Waals surface area contributed by atoms with Crippen LogP contribution in [0.3, 0.4) is 0 Å². The Bertz CT molecular complexity index is 1450. The third-order valence-electron chi connectivity index (χ3n) is 6.54. The predicted octanol–water partition coefficient (Wildman–Crippen LogP) is 7.36. The van der Waals surface area contributed by atoms with E-state index in [4.69, 9.17) is 18.9 Å². The van der Waals surface area contributed by atoms with E-state index in [0.29, 0.717) is 48.4 Å². The maximum atomic E-state index is 12.5. The van der Waals surface area contributed by atoms with Crippen molar-refractivity contribution in [2.45, 2.75) is 46.3 Å². The normalized spacial score (nSPS) is 10.8. The Kier molecular flexibility index (Phi) is 11.4. The molecule has 0 aromatic heterocycles. The maximum Gasteiger partial charge on any atom is 0.271 e. The molecule has 0 atom stereocenters. The van der Waals surface area contributed by atoms with Crippen LogP contribution in [-0.4, -0.2) is 25.8 Å². The van der Waals surface area contributed by atoms with E-state index in [1.807, 2.05) is 91.9 Å². The number of amides is 1. The number of aryl methyl sites for hydroxylation is 1. The minimum Gasteiger partial charge on any atom is -0.493 e. The molecule has 0 radical (unpaired) electrons. The predicted molar refractivity (Wildman–Crippen MR) is 166 cm³/mol. The molecule has 0 aliphatic rings. The summed E-state index contributed by atoms with van der Waals surface area (Å²) >= 11 is 0. The van der Waals surface area contributed by atoms with Crippen LogP contribution in [0.2, 0.25) is 0 Å². The zero-order chi connectivity index (χ0) is 29.6. The van der Waals surface area contributed by atoms with Crippen molar-refractivity contribution in [3.8, 4) is 23.0 Å². The molecule has 218 valence electrons. The lowest BCUT2D eigenvalue weighted by Gasteiger charge is -2.15. The van der Waals surface area contributed by atoms with Crippen molar-refractivity contribution in [2.75, 3.05) is 13.7 Å². The van der Waals surface area contributed by atoms with Gasteiger partial charge in [-0.05, 0) is 84.5 Å². The highest BCUT2D eigenvalue weighted by Gasteiger charge is 2.10. The Hall–Kier alpha value is -4.78. The number of unbranched alkanes of at least 4 members (excludes halogenated alkanes) is 1. The molecular weight excluding hydrogens is 528 g/mol. The number of nitrogens with one attached hydrogen (secondary N) is 1. The molecule has 0 unspecified atom stereocenters. The largest absolute Gasteiger partial charge is 0.493 e. The summed E-state index contributed by atoms with van der Waals surface area (Å²) in [5.74, 6) is 2.23. The van der Waals surface area contributed by atoms with Crippen molar-refractivity contribution < 1.29 is 23.7 Å². The second kappa shape index (κ2) is 15.9. The number of carbonyl (C=O) groups is 1. The highest BCUT2D eigenvalue weighted by atomic mass is 16.5. The second-order valence-corrected chi connectivity index (χ2v) is 9.69. The average Bonchev–Trinajstić information content (AvgIpc) is 3.03. The van der Waals surface area contributed by atoms with E-state index in [-0.39, 0.29) is 5.91 Å². The van der Waals surface area contributed by atoms with Crippen LogP contribution in [0.1, 0.15) is 59.3 Å². The molecule has 1 N–H and O–H groups in total. The monoisotopic (exact) mass is 566 g/mol. The minimum atomic E-state index is -0.261. The van der Waals surface area contributed by atoms with Crippen LogP contribution in [0, 0.1) is 0 Å². The van der Waals surface area contributed by atoms with E-state index in [0.717, 1.165) is 36.0 Å². The van der Waals surface area contributed by atoms with E-state index in [1.165, 1.54) is 5.56 Å². The first-order chi connectivity index (χ1) is 20.6. The van der Waals surface area contributed by atoms with Gasteiger partial charge in [0, 0.05) is 5.56 Å². The van der Waals surface area contributed by atoms with Crippen molar-refractivity contribution in [3.63, 3.8) is 0 Å². The molecule has 0 saturated heterocycles. The second-order valence-electron chi connectivity index (χ2n) is 9.69. The molecule has 0 heterocycles. The number of rotatable bonds is 15. The smallest absolute Gasteiger partial charge is 0.271 e. The Morgan fingerprint density at radius 2 is 1.43 bits per heavy atom. The van der Waals surface area contributed by atoms with E-state index in [1.54, 1.807) is 19.4 Å². The van der Waals surface area contributed by atoms with E-state index in [2.05, 4.69) is 17.5 Å². The lowest BCUT2D eigenvalue weighted by Crippen LogP contribution is -2.17. The molecule has 0 spiro atoms. The summed E-state index contributed by atoms with van der Waals surface area (Å²) in [6, 6.07) is 28.9. The fraction of sp³-hybridized carbons (Fsp3) is 0.257. The van der Waals surface area contributed by atoms with E-state index < -0.39 is 0 Å². The van der Waals surface area contributed by atoms with Gasteiger partial charge >= 0.3 is 0 Å². The van der Waals surface area contributed by atoms with Gasteiger partial charge in [0.25, 0.3) is 5.91 Å². The summed E-state index contributed by atoms with van der Waals surface area (Å²) in [7, 11) is 1.58. The average molecular weight is 567 g/mol. The molecule has 7 nitrogen and oxygen atoms in total. The number of hydrazone groups is 1. The van der Waals surface area contributed by atoms with E-state index >= 15 is 0 Å².